The molecule has 0 radical (unpaired) electrons. The number of ether oxygens (including phenoxy) is 2. The van der Waals surface area contributed by atoms with Gasteiger partial charge in [0.25, 0.3) is 0 Å². The first kappa shape index (κ1) is 24.0. The number of amides is 1. The number of alkyl carbamates (subject to hydrolysis) is 1. The number of nitrogens with zero attached hydrogens (tertiary/aromatic N) is 4. The highest BCUT2D eigenvalue weighted by Crippen LogP contribution is 2.27. The lowest BCUT2D eigenvalue weighted by atomic mass is 10.1. The van der Waals surface area contributed by atoms with E-state index >= 15 is 0 Å². The Balaban J connectivity index is 1.34. The van der Waals surface area contributed by atoms with E-state index in [0.717, 1.165) is 54.6 Å². The molecule has 10 heteroatoms. The third-order valence-corrected chi connectivity index (χ3v) is 6.06. The first-order chi connectivity index (χ1) is 16.6. The quantitative estimate of drug-likeness (QED) is 0.439. The van der Waals surface area contributed by atoms with Crippen molar-refractivity contribution in [3.05, 3.63) is 53.3 Å². The summed E-state index contributed by atoms with van der Waals surface area (Å²) >= 11 is 6.23. The van der Waals surface area contributed by atoms with Gasteiger partial charge in [-0.2, -0.15) is 0 Å². The van der Waals surface area contributed by atoms with Crippen molar-refractivity contribution < 1.29 is 14.3 Å². The van der Waals surface area contributed by atoms with E-state index in [4.69, 9.17) is 21.1 Å². The number of halogens is 1. The molecule has 0 atom stereocenters. The van der Waals surface area contributed by atoms with Gasteiger partial charge in [-0.15, -0.1) is 0 Å². The van der Waals surface area contributed by atoms with Crippen LogP contribution in [0.5, 0.6) is 0 Å². The molecule has 1 aliphatic heterocycles. The van der Waals surface area contributed by atoms with E-state index in [9.17, 15) is 4.79 Å². The fourth-order valence-corrected chi connectivity index (χ4v) is 4.08. The molecule has 9 nitrogen and oxygen atoms in total. The summed E-state index contributed by atoms with van der Waals surface area (Å²) in [6, 6.07) is 9.57. The van der Waals surface area contributed by atoms with Gasteiger partial charge in [0.15, 0.2) is 0 Å². The lowest BCUT2D eigenvalue weighted by Crippen LogP contribution is -2.40. The third kappa shape index (κ3) is 6.24. The molecule has 0 spiro atoms. The molecule has 1 fully saturated rings. The van der Waals surface area contributed by atoms with Crippen LogP contribution in [0.2, 0.25) is 5.02 Å². The molecule has 4 rings (SSSR count). The fraction of sp³-hybridized carbons (Fsp3) is 0.417. The maximum Gasteiger partial charge on any atom is 0.407 e. The molecular weight excluding hydrogens is 456 g/mol. The van der Waals surface area contributed by atoms with Crippen LogP contribution in [0.15, 0.2) is 42.7 Å². The smallest absolute Gasteiger partial charge is 0.407 e. The maximum absolute atomic E-state index is 12.0. The summed E-state index contributed by atoms with van der Waals surface area (Å²) in [7, 11) is 1.64. The number of piperidine rings is 1. The largest absolute Gasteiger partial charge is 0.446 e. The van der Waals surface area contributed by atoms with Gasteiger partial charge in [0.05, 0.1) is 10.9 Å². The monoisotopic (exact) mass is 484 g/mol. The Kier molecular flexibility index (Phi) is 8.32. The molecule has 0 unspecified atom stereocenters. The molecule has 1 aromatic carbocycles. The number of methoxy groups -OCH3 is 1. The van der Waals surface area contributed by atoms with Crippen molar-refractivity contribution in [1.29, 1.82) is 0 Å². The summed E-state index contributed by atoms with van der Waals surface area (Å²) in [6.07, 6.45) is 5.32. The average Bonchev–Trinajstić information content (AvgIpc) is 2.86. The van der Waals surface area contributed by atoms with E-state index < -0.39 is 0 Å². The summed E-state index contributed by atoms with van der Waals surface area (Å²) in [5, 5.41) is 7.60. The highest BCUT2D eigenvalue weighted by molar-refractivity contribution is 6.31. The van der Waals surface area contributed by atoms with Crippen molar-refractivity contribution in [2.75, 3.05) is 43.6 Å². The highest BCUT2D eigenvalue weighted by Gasteiger charge is 2.24. The third-order valence-electron chi connectivity index (χ3n) is 5.69. The number of aromatic nitrogens is 3. The number of anilines is 2. The molecule has 0 aliphatic carbocycles. The van der Waals surface area contributed by atoms with Crippen LogP contribution in [0, 0.1) is 0 Å². The Morgan fingerprint density at radius 3 is 2.82 bits per heavy atom. The minimum atomic E-state index is -0.372. The summed E-state index contributed by atoms with van der Waals surface area (Å²) < 4.78 is 10.5. The lowest BCUT2D eigenvalue weighted by Gasteiger charge is -2.32. The van der Waals surface area contributed by atoms with E-state index in [0.29, 0.717) is 30.7 Å². The van der Waals surface area contributed by atoms with Crippen LogP contribution in [0.4, 0.5) is 16.6 Å². The number of carbonyl (C=O) groups excluding carboxylic acids is 1. The Morgan fingerprint density at radius 1 is 1.21 bits per heavy atom. The second-order valence-electron chi connectivity index (χ2n) is 8.07. The minimum absolute atomic E-state index is 0.106. The van der Waals surface area contributed by atoms with E-state index in [1.807, 2.05) is 30.3 Å². The predicted molar refractivity (Wildman–Crippen MR) is 132 cm³/mol. The van der Waals surface area contributed by atoms with Crippen LogP contribution < -0.4 is 15.5 Å². The zero-order valence-corrected chi connectivity index (χ0v) is 19.9. The maximum atomic E-state index is 12.0. The van der Waals surface area contributed by atoms with Crippen LogP contribution in [0.3, 0.4) is 0 Å². The first-order valence-corrected chi connectivity index (χ1v) is 11.8. The zero-order valence-electron chi connectivity index (χ0n) is 19.2. The van der Waals surface area contributed by atoms with Crippen molar-refractivity contribution in [1.82, 2.24) is 20.3 Å². The SMILES string of the molecule is COCCCNC(=O)OC1CCN(c2nccc3nc(NCc4ccccc4Cl)ncc23)CC1. The van der Waals surface area contributed by atoms with Crippen LogP contribution in [-0.4, -0.2) is 60.5 Å². The van der Waals surface area contributed by atoms with Gasteiger partial charge in [0, 0.05) is 70.2 Å². The average molecular weight is 485 g/mol. The van der Waals surface area contributed by atoms with Crippen LogP contribution in [-0.2, 0) is 16.0 Å². The van der Waals surface area contributed by atoms with E-state index in [2.05, 4.69) is 30.5 Å². The number of benzene rings is 1. The highest BCUT2D eigenvalue weighted by atomic mass is 35.5. The van der Waals surface area contributed by atoms with Gasteiger partial charge >= 0.3 is 6.09 Å². The first-order valence-electron chi connectivity index (χ1n) is 11.4. The zero-order chi connectivity index (χ0) is 23.8. The molecule has 3 aromatic rings. The molecule has 0 bridgehead atoms. The number of fused-ring (bicyclic) bond motifs is 1. The Labute approximate surface area is 203 Å². The molecule has 2 aromatic heterocycles. The Morgan fingerprint density at radius 2 is 2.03 bits per heavy atom. The summed E-state index contributed by atoms with van der Waals surface area (Å²) in [4.78, 5) is 27.9. The van der Waals surface area contributed by atoms with Gasteiger partial charge in [0.1, 0.15) is 11.9 Å². The van der Waals surface area contributed by atoms with Crippen molar-refractivity contribution >= 4 is 40.4 Å². The van der Waals surface area contributed by atoms with Crippen molar-refractivity contribution in [3.8, 4) is 0 Å². The van der Waals surface area contributed by atoms with Gasteiger partial charge in [-0.3, -0.25) is 0 Å². The second kappa shape index (κ2) is 11.8. The number of nitrogens with one attached hydrogen (secondary N) is 2. The van der Waals surface area contributed by atoms with Gasteiger partial charge in [-0.1, -0.05) is 29.8 Å². The molecular formula is C24H29ClN6O3. The number of carbonyl (C=O) groups is 1. The fourth-order valence-electron chi connectivity index (χ4n) is 3.88. The van der Waals surface area contributed by atoms with E-state index in [1.54, 1.807) is 19.5 Å². The summed E-state index contributed by atoms with van der Waals surface area (Å²) in [5.74, 6) is 1.38. The Bertz CT molecular complexity index is 1110. The standard InChI is InChI=1S/C24H29ClN6O3/c1-33-14-4-10-27-24(32)34-18-8-12-31(13-9-18)22-19-16-29-23(30-21(19)7-11-26-22)28-15-17-5-2-3-6-20(17)25/h2-3,5-7,11,16,18H,4,8-10,12-15H2,1H3,(H,27,32)(H,28,29,30). The normalized spacial score (nSPS) is 14.2. The van der Waals surface area contributed by atoms with Gasteiger partial charge in [-0.05, 0) is 24.1 Å². The van der Waals surface area contributed by atoms with Crippen molar-refractivity contribution in [3.63, 3.8) is 0 Å². The molecule has 1 saturated heterocycles. The molecule has 0 saturated carbocycles. The second-order valence-corrected chi connectivity index (χ2v) is 8.48. The topological polar surface area (TPSA) is 102 Å². The molecule has 1 amide bonds. The van der Waals surface area contributed by atoms with Crippen LogP contribution >= 0.6 is 11.6 Å². The molecule has 180 valence electrons. The van der Waals surface area contributed by atoms with E-state index in [-0.39, 0.29) is 12.2 Å². The van der Waals surface area contributed by atoms with Crippen LogP contribution in [0.25, 0.3) is 10.9 Å². The number of rotatable bonds is 9. The molecule has 1 aliphatic rings. The van der Waals surface area contributed by atoms with Gasteiger partial charge in [0.2, 0.25) is 5.95 Å². The molecule has 2 N–H and O–H groups in total. The minimum Gasteiger partial charge on any atom is -0.446 e. The van der Waals surface area contributed by atoms with Gasteiger partial charge in [-0.25, -0.2) is 19.7 Å². The summed E-state index contributed by atoms with van der Waals surface area (Å²) in [6.45, 7) is 3.16. The van der Waals surface area contributed by atoms with Crippen LogP contribution in [0.1, 0.15) is 24.8 Å². The van der Waals surface area contributed by atoms with Gasteiger partial charge < -0.3 is 25.0 Å². The van der Waals surface area contributed by atoms with Crippen molar-refractivity contribution in [2.24, 2.45) is 0 Å². The number of pyridine rings is 1. The molecule has 34 heavy (non-hydrogen) atoms. The lowest BCUT2D eigenvalue weighted by molar-refractivity contribution is 0.0825. The number of hydrogen-bond acceptors (Lipinski definition) is 8. The van der Waals surface area contributed by atoms with Crippen molar-refractivity contribution in [2.45, 2.75) is 31.9 Å². The summed E-state index contributed by atoms with van der Waals surface area (Å²) in [5.41, 5.74) is 1.80. The predicted octanol–water partition coefficient (Wildman–Crippen LogP) is 4.02. The number of hydrogen-bond donors (Lipinski definition) is 2. The van der Waals surface area contributed by atoms with E-state index in [1.165, 1.54) is 0 Å². The molecule has 3 heterocycles. The Hall–Kier alpha value is -3.17.